The van der Waals surface area contributed by atoms with Crippen LogP contribution in [0, 0.1) is 5.92 Å². The Bertz CT molecular complexity index is 630. The second kappa shape index (κ2) is 9.41. The Kier molecular flexibility index (Phi) is 7.58. The fourth-order valence-corrected chi connectivity index (χ4v) is 2.15. The number of carbonyl (C=O) groups excluding carboxylic acids is 3. The molecular formula is C17H23N3O5. The van der Waals surface area contributed by atoms with Crippen LogP contribution in [-0.2, 0) is 14.4 Å². The number of carbonyl (C=O) groups is 4. The molecule has 0 radical (unpaired) electrons. The van der Waals surface area contributed by atoms with Crippen LogP contribution in [0.4, 0.5) is 0 Å². The number of primary amides is 1. The zero-order valence-corrected chi connectivity index (χ0v) is 14.2. The molecule has 5 N–H and O–H groups in total. The first-order chi connectivity index (χ1) is 11.7. The lowest BCUT2D eigenvalue weighted by Crippen LogP contribution is -2.53. The minimum Gasteiger partial charge on any atom is -0.480 e. The predicted molar refractivity (Wildman–Crippen MR) is 90.5 cm³/mol. The highest BCUT2D eigenvalue weighted by atomic mass is 16.4. The Labute approximate surface area is 145 Å². The maximum atomic E-state index is 12.4. The Morgan fingerprint density at radius 3 is 2.16 bits per heavy atom. The molecule has 0 spiro atoms. The lowest BCUT2D eigenvalue weighted by molar-refractivity contribution is -0.142. The van der Waals surface area contributed by atoms with E-state index >= 15 is 0 Å². The van der Waals surface area contributed by atoms with Crippen LogP contribution < -0.4 is 16.4 Å². The third kappa shape index (κ3) is 6.62. The number of benzene rings is 1. The van der Waals surface area contributed by atoms with Crippen molar-refractivity contribution in [2.45, 2.75) is 38.8 Å². The number of hydrogen-bond donors (Lipinski definition) is 4. The van der Waals surface area contributed by atoms with Crippen LogP contribution in [0.2, 0.25) is 0 Å². The molecule has 1 unspecified atom stereocenters. The third-order valence-corrected chi connectivity index (χ3v) is 3.57. The van der Waals surface area contributed by atoms with E-state index in [0.717, 1.165) is 0 Å². The molecule has 8 nitrogen and oxygen atoms in total. The summed E-state index contributed by atoms with van der Waals surface area (Å²) in [4.78, 5) is 46.7. The van der Waals surface area contributed by atoms with Crippen molar-refractivity contribution in [3.63, 3.8) is 0 Å². The van der Waals surface area contributed by atoms with Gasteiger partial charge >= 0.3 is 5.97 Å². The van der Waals surface area contributed by atoms with Crippen LogP contribution in [0.3, 0.4) is 0 Å². The Morgan fingerprint density at radius 1 is 1.08 bits per heavy atom. The van der Waals surface area contributed by atoms with Gasteiger partial charge in [-0.25, -0.2) is 4.79 Å². The summed E-state index contributed by atoms with van der Waals surface area (Å²) in [5, 5.41) is 14.1. The molecule has 1 aromatic carbocycles. The maximum Gasteiger partial charge on any atom is 0.326 e. The number of nitrogens with one attached hydrogen (secondary N) is 2. The molecule has 0 fully saturated rings. The summed E-state index contributed by atoms with van der Waals surface area (Å²) in [6.07, 6.45) is -0.284. The molecule has 3 amide bonds. The smallest absolute Gasteiger partial charge is 0.326 e. The van der Waals surface area contributed by atoms with E-state index in [1.165, 1.54) is 0 Å². The summed E-state index contributed by atoms with van der Waals surface area (Å²) >= 11 is 0. The zero-order valence-electron chi connectivity index (χ0n) is 14.2. The molecule has 0 saturated carbocycles. The zero-order chi connectivity index (χ0) is 19.0. The Morgan fingerprint density at radius 2 is 1.68 bits per heavy atom. The molecule has 8 heteroatoms. The van der Waals surface area contributed by atoms with Crippen LogP contribution in [0.5, 0.6) is 0 Å². The van der Waals surface area contributed by atoms with Crippen molar-refractivity contribution >= 4 is 23.7 Å². The Balaban J connectivity index is 2.79. The van der Waals surface area contributed by atoms with Gasteiger partial charge in [-0.2, -0.15) is 0 Å². The molecule has 0 aliphatic rings. The number of amides is 3. The van der Waals surface area contributed by atoms with E-state index in [1.54, 1.807) is 44.2 Å². The van der Waals surface area contributed by atoms with E-state index in [9.17, 15) is 19.2 Å². The van der Waals surface area contributed by atoms with Gasteiger partial charge in [0.25, 0.3) is 5.91 Å². The molecular weight excluding hydrogens is 326 g/mol. The monoisotopic (exact) mass is 349 g/mol. The molecule has 0 aliphatic heterocycles. The van der Waals surface area contributed by atoms with Crippen molar-refractivity contribution < 1.29 is 24.3 Å². The molecule has 0 heterocycles. The van der Waals surface area contributed by atoms with Crippen molar-refractivity contribution in [3.05, 3.63) is 35.9 Å². The molecule has 0 saturated heterocycles. The van der Waals surface area contributed by atoms with Gasteiger partial charge in [0.1, 0.15) is 12.1 Å². The van der Waals surface area contributed by atoms with Crippen molar-refractivity contribution in [1.29, 1.82) is 0 Å². The summed E-state index contributed by atoms with van der Waals surface area (Å²) in [5.41, 5.74) is 5.40. The molecule has 1 rings (SSSR count). The summed E-state index contributed by atoms with van der Waals surface area (Å²) in [6.45, 7) is 3.46. The highest BCUT2D eigenvalue weighted by Crippen LogP contribution is 2.07. The van der Waals surface area contributed by atoms with Crippen molar-refractivity contribution in [2.24, 2.45) is 11.7 Å². The standard InChI is InChI=1S/C17H23N3O5/c1-10(2)14(20-15(22)11-6-4-3-5-7-11)16(23)19-12(17(24)25)8-9-13(18)21/h3-7,10,12,14H,8-9H2,1-2H3,(H2,18,21)(H,19,23)(H,20,22)(H,24,25)/t12-,14?/m0/s1. The molecule has 0 bridgehead atoms. The number of carboxylic acids is 1. The molecule has 1 aromatic rings. The van der Waals surface area contributed by atoms with Crippen LogP contribution >= 0.6 is 0 Å². The lowest BCUT2D eigenvalue weighted by atomic mass is 10.0. The minimum absolute atomic E-state index is 0.117. The molecule has 2 atom stereocenters. The first-order valence-electron chi connectivity index (χ1n) is 7.89. The van der Waals surface area contributed by atoms with Gasteiger partial charge in [0.05, 0.1) is 0 Å². The number of nitrogens with two attached hydrogens (primary N) is 1. The first kappa shape index (κ1) is 20.1. The van der Waals surface area contributed by atoms with Gasteiger partial charge in [0.15, 0.2) is 0 Å². The molecule has 136 valence electrons. The van der Waals surface area contributed by atoms with E-state index in [4.69, 9.17) is 10.8 Å². The quantitative estimate of drug-likeness (QED) is 0.507. The normalized spacial score (nSPS) is 12.9. The number of aliphatic carboxylic acids is 1. The average Bonchev–Trinajstić information content (AvgIpc) is 2.55. The Hall–Kier alpha value is -2.90. The highest BCUT2D eigenvalue weighted by molar-refractivity contribution is 5.98. The SMILES string of the molecule is CC(C)C(NC(=O)c1ccccc1)C(=O)N[C@@H](CCC(N)=O)C(=O)O. The molecule has 0 aromatic heterocycles. The van der Waals surface area contributed by atoms with Crippen molar-refractivity contribution in [2.75, 3.05) is 0 Å². The summed E-state index contributed by atoms with van der Waals surface area (Å²) in [7, 11) is 0. The first-order valence-corrected chi connectivity index (χ1v) is 7.89. The fraction of sp³-hybridized carbons (Fsp3) is 0.412. The van der Waals surface area contributed by atoms with Gasteiger partial charge in [-0.15, -0.1) is 0 Å². The van der Waals surface area contributed by atoms with Crippen LogP contribution in [-0.4, -0.2) is 40.9 Å². The summed E-state index contributed by atoms with van der Waals surface area (Å²) < 4.78 is 0. The van der Waals surface area contributed by atoms with E-state index in [-0.39, 0.29) is 18.8 Å². The van der Waals surface area contributed by atoms with Crippen LogP contribution in [0.25, 0.3) is 0 Å². The fourth-order valence-electron chi connectivity index (χ4n) is 2.15. The number of rotatable bonds is 9. The van der Waals surface area contributed by atoms with E-state index in [2.05, 4.69) is 10.6 Å². The van der Waals surface area contributed by atoms with Gasteiger partial charge in [0, 0.05) is 12.0 Å². The van der Waals surface area contributed by atoms with Gasteiger partial charge in [-0.1, -0.05) is 32.0 Å². The van der Waals surface area contributed by atoms with Gasteiger partial charge in [-0.3, -0.25) is 14.4 Å². The van der Waals surface area contributed by atoms with Crippen LogP contribution in [0.1, 0.15) is 37.0 Å². The third-order valence-electron chi connectivity index (χ3n) is 3.57. The van der Waals surface area contributed by atoms with Gasteiger partial charge in [-0.05, 0) is 24.5 Å². The summed E-state index contributed by atoms with van der Waals surface area (Å²) in [6, 6.07) is 6.21. The average molecular weight is 349 g/mol. The topological polar surface area (TPSA) is 139 Å². The number of hydrogen-bond acceptors (Lipinski definition) is 4. The lowest BCUT2D eigenvalue weighted by Gasteiger charge is -2.24. The van der Waals surface area contributed by atoms with Crippen molar-refractivity contribution in [1.82, 2.24) is 10.6 Å². The predicted octanol–water partition coefficient (Wildman–Crippen LogP) is 0.276. The van der Waals surface area contributed by atoms with E-state index in [0.29, 0.717) is 5.56 Å². The van der Waals surface area contributed by atoms with E-state index < -0.39 is 35.8 Å². The van der Waals surface area contributed by atoms with E-state index in [1.807, 2.05) is 0 Å². The highest BCUT2D eigenvalue weighted by Gasteiger charge is 2.29. The van der Waals surface area contributed by atoms with Crippen LogP contribution in [0.15, 0.2) is 30.3 Å². The maximum absolute atomic E-state index is 12.4. The second-order valence-electron chi connectivity index (χ2n) is 5.97. The van der Waals surface area contributed by atoms with Gasteiger partial charge in [0.2, 0.25) is 11.8 Å². The second-order valence-corrected chi connectivity index (χ2v) is 5.97. The molecule has 0 aliphatic carbocycles. The summed E-state index contributed by atoms with van der Waals surface area (Å²) in [5.74, 6) is -3.25. The van der Waals surface area contributed by atoms with Gasteiger partial charge < -0.3 is 21.5 Å². The minimum atomic E-state index is -1.27. The van der Waals surface area contributed by atoms with Crippen molar-refractivity contribution in [3.8, 4) is 0 Å². The molecule has 25 heavy (non-hydrogen) atoms. The number of carboxylic acid groups (broad SMARTS) is 1. The largest absolute Gasteiger partial charge is 0.480 e.